The van der Waals surface area contributed by atoms with Crippen molar-refractivity contribution in [3.8, 4) is 0 Å². The smallest absolute Gasteiger partial charge is 0.326 e. The fourth-order valence-corrected chi connectivity index (χ4v) is 3.12. The highest BCUT2D eigenvalue weighted by Gasteiger charge is 2.31. The first kappa shape index (κ1) is 35.7. The van der Waals surface area contributed by atoms with Crippen LogP contribution in [0.25, 0.3) is 0 Å². The maximum atomic E-state index is 12.9. The lowest BCUT2D eigenvalue weighted by atomic mass is 10.0. The fraction of sp³-hybridized carbons (Fsp3) is 0.652. The van der Waals surface area contributed by atoms with Crippen LogP contribution in [-0.2, 0) is 38.4 Å². The number of carbonyl (C=O) groups excluding carboxylic acids is 4. The fourth-order valence-electron chi connectivity index (χ4n) is 3.12. The van der Waals surface area contributed by atoms with Crippen LogP contribution in [-0.4, -0.2) is 98.1 Å². The second-order valence-corrected chi connectivity index (χ2v) is 9.32. The Hall–Kier alpha value is -4.28. The van der Waals surface area contributed by atoms with Crippen molar-refractivity contribution < 1.29 is 58.8 Å². The lowest BCUT2D eigenvalue weighted by Crippen LogP contribution is -2.58. The molecule has 0 bridgehead atoms. The van der Waals surface area contributed by atoms with Crippen molar-refractivity contribution in [1.29, 1.82) is 0 Å². The van der Waals surface area contributed by atoms with Crippen LogP contribution in [0, 0.1) is 5.92 Å². The molecule has 0 aromatic heterocycles. The Bertz CT molecular complexity index is 970. The van der Waals surface area contributed by atoms with Crippen molar-refractivity contribution in [2.75, 3.05) is 0 Å². The highest BCUT2D eigenvalue weighted by Crippen LogP contribution is 2.06. The molecule has 40 heavy (non-hydrogen) atoms. The maximum absolute atomic E-state index is 12.9. The van der Waals surface area contributed by atoms with E-state index >= 15 is 0 Å². The van der Waals surface area contributed by atoms with Gasteiger partial charge < -0.3 is 47.4 Å². The lowest BCUT2D eigenvalue weighted by Gasteiger charge is -2.25. The number of aliphatic carboxylic acids is 4. The summed E-state index contributed by atoms with van der Waals surface area (Å²) in [5, 5.41) is 44.8. The molecule has 5 atom stereocenters. The predicted octanol–water partition coefficient (Wildman–Crippen LogP) is -2.39. The first-order valence-corrected chi connectivity index (χ1v) is 12.3. The van der Waals surface area contributed by atoms with Gasteiger partial charge in [-0.05, 0) is 32.1 Å². The quantitative estimate of drug-likeness (QED) is 0.0777. The van der Waals surface area contributed by atoms with Gasteiger partial charge in [0.1, 0.15) is 24.2 Å². The molecule has 0 spiro atoms. The average Bonchev–Trinajstić information content (AvgIpc) is 2.84. The summed E-state index contributed by atoms with van der Waals surface area (Å²) in [6.07, 6.45) is -2.95. The molecule has 5 unspecified atom stereocenters. The van der Waals surface area contributed by atoms with Crippen LogP contribution in [0.1, 0.15) is 59.3 Å². The standard InChI is InChI=1S/C23H37N5O12/c1-10(2)18(24)22(38)27-13(5-8-16(31)32)21(37)26-12(4-7-15(29)30)20(36)25-11(3)19(35)28-14(23(39)40)6-9-17(33)34/h10-14,18H,4-9,24H2,1-3H3,(H,25,36)(H,26,37)(H,27,38)(H,28,35)(H,29,30)(H,31,32)(H,33,34)(H,39,40). The van der Waals surface area contributed by atoms with E-state index < -0.39 is 110 Å². The molecule has 0 rings (SSSR count). The van der Waals surface area contributed by atoms with Gasteiger partial charge in [-0.2, -0.15) is 0 Å². The maximum Gasteiger partial charge on any atom is 0.326 e. The Morgan fingerprint density at radius 3 is 1.27 bits per heavy atom. The van der Waals surface area contributed by atoms with Gasteiger partial charge in [0.25, 0.3) is 0 Å². The largest absolute Gasteiger partial charge is 0.481 e. The third kappa shape index (κ3) is 14.0. The number of hydrogen-bond acceptors (Lipinski definition) is 9. The third-order valence-electron chi connectivity index (χ3n) is 5.59. The number of nitrogens with one attached hydrogen (secondary N) is 4. The van der Waals surface area contributed by atoms with Crippen LogP contribution in [0.15, 0.2) is 0 Å². The molecule has 0 aliphatic carbocycles. The molecule has 0 aromatic rings. The second-order valence-electron chi connectivity index (χ2n) is 9.32. The Balaban J connectivity index is 5.63. The van der Waals surface area contributed by atoms with E-state index in [0.29, 0.717) is 0 Å². The Morgan fingerprint density at radius 1 is 0.550 bits per heavy atom. The number of amides is 4. The number of nitrogens with two attached hydrogens (primary N) is 1. The number of carboxylic acids is 4. The summed E-state index contributed by atoms with van der Waals surface area (Å²) >= 11 is 0. The molecule has 0 saturated carbocycles. The zero-order valence-electron chi connectivity index (χ0n) is 22.3. The average molecular weight is 576 g/mol. The van der Waals surface area contributed by atoms with Gasteiger partial charge in [-0.1, -0.05) is 13.8 Å². The van der Waals surface area contributed by atoms with Crippen LogP contribution in [0.2, 0.25) is 0 Å². The van der Waals surface area contributed by atoms with Crippen molar-refractivity contribution in [3.63, 3.8) is 0 Å². The van der Waals surface area contributed by atoms with Gasteiger partial charge in [-0.15, -0.1) is 0 Å². The van der Waals surface area contributed by atoms with Gasteiger partial charge in [0.2, 0.25) is 23.6 Å². The van der Waals surface area contributed by atoms with E-state index in [4.69, 9.17) is 21.1 Å². The predicted molar refractivity (Wildman–Crippen MR) is 134 cm³/mol. The molecule has 0 aliphatic rings. The van der Waals surface area contributed by atoms with Crippen LogP contribution < -0.4 is 27.0 Å². The van der Waals surface area contributed by atoms with Crippen molar-refractivity contribution in [1.82, 2.24) is 21.3 Å². The second kappa shape index (κ2) is 17.3. The van der Waals surface area contributed by atoms with E-state index in [9.17, 15) is 43.5 Å². The zero-order chi connectivity index (χ0) is 31.2. The molecule has 17 heteroatoms. The third-order valence-corrected chi connectivity index (χ3v) is 5.59. The Labute approximate surface area is 229 Å². The van der Waals surface area contributed by atoms with Crippen LogP contribution >= 0.6 is 0 Å². The minimum atomic E-state index is -1.57. The summed E-state index contributed by atoms with van der Waals surface area (Å²) < 4.78 is 0. The minimum Gasteiger partial charge on any atom is -0.481 e. The molecule has 0 heterocycles. The molecule has 0 saturated heterocycles. The van der Waals surface area contributed by atoms with Crippen molar-refractivity contribution in [2.45, 2.75) is 89.5 Å². The van der Waals surface area contributed by atoms with E-state index in [1.165, 1.54) is 6.92 Å². The molecule has 0 aliphatic heterocycles. The summed E-state index contributed by atoms with van der Waals surface area (Å²) in [6.45, 7) is 4.46. The van der Waals surface area contributed by atoms with Gasteiger partial charge in [-0.3, -0.25) is 33.6 Å². The molecular formula is C23H37N5O12. The van der Waals surface area contributed by atoms with E-state index in [1.54, 1.807) is 13.8 Å². The molecule has 0 radical (unpaired) electrons. The number of carboxylic acid groups (broad SMARTS) is 4. The van der Waals surface area contributed by atoms with Crippen molar-refractivity contribution in [2.24, 2.45) is 11.7 Å². The highest BCUT2D eigenvalue weighted by atomic mass is 16.4. The SMILES string of the molecule is CC(NC(=O)C(CCC(=O)O)NC(=O)C(CCC(=O)O)NC(=O)C(N)C(C)C)C(=O)NC(CCC(=O)O)C(=O)O. The van der Waals surface area contributed by atoms with Crippen LogP contribution in [0.4, 0.5) is 0 Å². The van der Waals surface area contributed by atoms with Crippen molar-refractivity contribution >= 4 is 47.5 Å². The summed E-state index contributed by atoms with van der Waals surface area (Å²) in [4.78, 5) is 94.7. The van der Waals surface area contributed by atoms with Gasteiger partial charge in [0.15, 0.2) is 0 Å². The molecule has 0 aromatic carbocycles. The number of carbonyl (C=O) groups is 8. The van der Waals surface area contributed by atoms with Crippen molar-refractivity contribution in [3.05, 3.63) is 0 Å². The number of rotatable bonds is 19. The molecule has 17 nitrogen and oxygen atoms in total. The van der Waals surface area contributed by atoms with E-state index in [-0.39, 0.29) is 12.3 Å². The molecule has 10 N–H and O–H groups in total. The topological polar surface area (TPSA) is 292 Å². The normalized spacial score (nSPS) is 14.5. The molecule has 0 fully saturated rings. The van der Waals surface area contributed by atoms with Gasteiger partial charge in [-0.25, -0.2) is 4.79 Å². The number of hydrogen-bond donors (Lipinski definition) is 9. The molecule has 226 valence electrons. The summed E-state index contributed by atoms with van der Waals surface area (Å²) in [6, 6.07) is -6.99. The Kier molecular flexibility index (Phi) is 15.5. The lowest BCUT2D eigenvalue weighted by molar-refractivity contribution is -0.143. The summed E-state index contributed by atoms with van der Waals surface area (Å²) in [5.41, 5.74) is 5.77. The molecular weight excluding hydrogens is 538 g/mol. The minimum absolute atomic E-state index is 0.324. The van der Waals surface area contributed by atoms with E-state index in [1.807, 2.05) is 0 Å². The van der Waals surface area contributed by atoms with Gasteiger partial charge >= 0.3 is 23.9 Å². The van der Waals surface area contributed by atoms with Crippen LogP contribution in [0.5, 0.6) is 0 Å². The van der Waals surface area contributed by atoms with Crippen LogP contribution in [0.3, 0.4) is 0 Å². The zero-order valence-corrected chi connectivity index (χ0v) is 22.3. The Morgan fingerprint density at radius 2 is 0.900 bits per heavy atom. The first-order chi connectivity index (χ1) is 18.5. The van der Waals surface area contributed by atoms with Gasteiger partial charge in [0.05, 0.1) is 6.04 Å². The molecule has 4 amide bonds. The summed E-state index contributed by atoms with van der Waals surface area (Å²) in [5.74, 6) is -9.51. The first-order valence-electron chi connectivity index (χ1n) is 12.3. The van der Waals surface area contributed by atoms with Gasteiger partial charge in [0, 0.05) is 19.3 Å². The highest BCUT2D eigenvalue weighted by molar-refractivity contribution is 5.95. The van der Waals surface area contributed by atoms with E-state index in [0.717, 1.165) is 0 Å². The summed E-state index contributed by atoms with van der Waals surface area (Å²) in [7, 11) is 0. The monoisotopic (exact) mass is 575 g/mol. The van der Waals surface area contributed by atoms with E-state index in [2.05, 4.69) is 21.3 Å².